The molecule has 0 atom stereocenters. The molecule has 94 valence electrons. The highest BCUT2D eigenvalue weighted by atomic mass is 79.9. The Labute approximate surface area is 109 Å². The van der Waals surface area contributed by atoms with Gasteiger partial charge in [0.1, 0.15) is 5.75 Å². The SMILES string of the molecule is O=C(O)Cc1c(OC(F)F)ccc(CBr)c1Cl. The van der Waals surface area contributed by atoms with E-state index in [0.717, 1.165) is 0 Å². The van der Waals surface area contributed by atoms with E-state index >= 15 is 0 Å². The lowest BCUT2D eigenvalue weighted by Crippen LogP contribution is -2.09. The molecule has 0 unspecified atom stereocenters. The van der Waals surface area contributed by atoms with E-state index in [4.69, 9.17) is 16.7 Å². The maximum absolute atomic E-state index is 12.1. The van der Waals surface area contributed by atoms with Crippen molar-refractivity contribution in [3.8, 4) is 5.75 Å². The minimum absolute atomic E-state index is 0.0522. The van der Waals surface area contributed by atoms with Gasteiger partial charge in [0.2, 0.25) is 0 Å². The molecule has 0 heterocycles. The topological polar surface area (TPSA) is 46.5 Å². The third kappa shape index (κ3) is 3.81. The molecule has 1 rings (SSSR count). The molecule has 7 heteroatoms. The van der Waals surface area contributed by atoms with Gasteiger partial charge in [-0.2, -0.15) is 8.78 Å². The number of rotatable bonds is 5. The Hall–Kier alpha value is -0.880. The lowest BCUT2D eigenvalue weighted by Gasteiger charge is -2.13. The Kier molecular flexibility index (Phi) is 5.14. The average molecular weight is 330 g/mol. The fourth-order valence-corrected chi connectivity index (χ4v) is 2.20. The van der Waals surface area contributed by atoms with Crippen LogP contribution in [0.4, 0.5) is 8.78 Å². The lowest BCUT2D eigenvalue weighted by atomic mass is 10.1. The highest BCUT2D eigenvalue weighted by Gasteiger charge is 2.17. The van der Waals surface area contributed by atoms with Crippen molar-refractivity contribution < 1.29 is 23.4 Å². The summed E-state index contributed by atoms with van der Waals surface area (Å²) in [5.74, 6) is -1.38. The van der Waals surface area contributed by atoms with Crippen LogP contribution in [0.5, 0.6) is 5.75 Å². The number of carboxylic acid groups (broad SMARTS) is 1. The highest BCUT2D eigenvalue weighted by Crippen LogP contribution is 2.32. The summed E-state index contributed by atoms with van der Waals surface area (Å²) in [5, 5.41) is 9.22. The molecule has 1 aromatic carbocycles. The number of halogens is 4. The molecule has 0 aliphatic carbocycles. The van der Waals surface area contributed by atoms with E-state index in [2.05, 4.69) is 20.7 Å². The van der Waals surface area contributed by atoms with E-state index in [1.807, 2.05) is 0 Å². The van der Waals surface area contributed by atoms with Gasteiger partial charge in [-0.05, 0) is 11.6 Å². The largest absolute Gasteiger partial charge is 0.481 e. The quantitative estimate of drug-likeness (QED) is 0.842. The van der Waals surface area contributed by atoms with Crippen molar-refractivity contribution in [2.24, 2.45) is 0 Å². The van der Waals surface area contributed by atoms with Crippen molar-refractivity contribution in [1.29, 1.82) is 0 Å². The molecule has 0 bridgehead atoms. The normalized spacial score (nSPS) is 10.6. The van der Waals surface area contributed by atoms with Gasteiger partial charge >= 0.3 is 12.6 Å². The summed E-state index contributed by atoms with van der Waals surface area (Å²) in [6, 6.07) is 2.78. The van der Waals surface area contributed by atoms with Crippen LogP contribution in [-0.2, 0) is 16.5 Å². The fraction of sp³-hybridized carbons (Fsp3) is 0.300. The zero-order valence-corrected chi connectivity index (χ0v) is 10.8. The lowest BCUT2D eigenvalue weighted by molar-refractivity contribution is -0.136. The van der Waals surface area contributed by atoms with Crippen LogP contribution < -0.4 is 4.74 Å². The van der Waals surface area contributed by atoms with E-state index in [1.54, 1.807) is 0 Å². The third-order valence-corrected chi connectivity index (χ3v) is 3.04. The van der Waals surface area contributed by atoms with Crippen LogP contribution in [0, 0.1) is 0 Å². The number of benzene rings is 1. The molecule has 0 aliphatic heterocycles. The number of alkyl halides is 3. The molecule has 0 aliphatic rings. The molecular formula is C10H8BrClF2O3. The van der Waals surface area contributed by atoms with Gasteiger partial charge in [0.25, 0.3) is 0 Å². The van der Waals surface area contributed by atoms with E-state index in [0.29, 0.717) is 10.9 Å². The molecule has 0 radical (unpaired) electrons. The van der Waals surface area contributed by atoms with Crippen molar-refractivity contribution in [3.05, 3.63) is 28.3 Å². The molecule has 3 nitrogen and oxygen atoms in total. The standard InChI is InChI=1S/C10H8BrClF2O3/c11-4-5-1-2-7(17-10(13)14)6(9(5)12)3-8(15)16/h1-2,10H,3-4H2,(H,15,16). The van der Waals surface area contributed by atoms with Crippen LogP contribution in [0.25, 0.3) is 0 Å². The minimum Gasteiger partial charge on any atom is -0.481 e. The predicted octanol–water partition coefficient (Wildman–Crippen LogP) is 3.46. The summed E-state index contributed by atoms with van der Waals surface area (Å²) in [5.41, 5.74) is 0.668. The first-order valence-electron chi connectivity index (χ1n) is 4.48. The van der Waals surface area contributed by atoms with Crippen molar-refractivity contribution in [3.63, 3.8) is 0 Å². The number of aliphatic carboxylic acids is 1. The van der Waals surface area contributed by atoms with Gasteiger partial charge < -0.3 is 9.84 Å². The van der Waals surface area contributed by atoms with E-state index in [-0.39, 0.29) is 16.3 Å². The molecule has 0 spiro atoms. The molecule has 0 amide bonds. The molecule has 1 aromatic rings. The first-order chi connectivity index (χ1) is 7.95. The summed E-state index contributed by atoms with van der Waals surface area (Å²) in [7, 11) is 0. The Balaban J connectivity index is 3.20. The zero-order valence-electron chi connectivity index (χ0n) is 8.42. The van der Waals surface area contributed by atoms with Crippen LogP contribution in [0.15, 0.2) is 12.1 Å². The summed E-state index contributed by atoms with van der Waals surface area (Å²) >= 11 is 9.09. The first kappa shape index (κ1) is 14.2. The van der Waals surface area contributed by atoms with Crippen molar-refractivity contribution >= 4 is 33.5 Å². The summed E-state index contributed by atoms with van der Waals surface area (Å²) in [6.07, 6.45) is -0.471. The van der Waals surface area contributed by atoms with Gasteiger partial charge in [0, 0.05) is 10.9 Å². The van der Waals surface area contributed by atoms with Crippen LogP contribution >= 0.6 is 27.5 Å². The second-order valence-corrected chi connectivity index (χ2v) is 4.04. The van der Waals surface area contributed by atoms with E-state index < -0.39 is 19.0 Å². The Morgan fingerprint density at radius 1 is 1.53 bits per heavy atom. The number of carbonyl (C=O) groups is 1. The number of hydrogen-bond donors (Lipinski definition) is 1. The van der Waals surface area contributed by atoms with E-state index in [1.165, 1.54) is 12.1 Å². The molecule has 0 saturated heterocycles. The van der Waals surface area contributed by atoms with Gasteiger partial charge in [-0.25, -0.2) is 0 Å². The third-order valence-electron chi connectivity index (χ3n) is 1.97. The van der Waals surface area contributed by atoms with Gasteiger partial charge in [-0.3, -0.25) is 4.79 Å². The predicted molar refractivity (Wildman–Crippen MR) is 62.1 cm³/mol. The Morgan fingerprint density at radius 2 is 2.18 bits per heavy atom. The second-order valence-electron chi connectivity index (χ2n) is 3.10. The van der Waals surface area contributed by atoms with Crippen molar-refractivity contribution in [2.45, 2.75) is 18.4 Å². The van der Waals surface area contributed by atoms with Gasteiger partial charge in [-0.1, -0.05) is 33.6 Å². The first-order valence-corrected chi connectivity index (χ1v) is 5.98. The maximum atomic E-state index is 12.1. The zero-order chi connectivity index (χ0) is 13.0. The smallest absolute Gasteiger partial charge is 0.387 e. The molecule has 1 N–H and O–H groups in total. The number of hydrogen-bond acceptors (Lipinski definition) is 2. The highest BCUT2D eigenvalue weighted by molar-refractivity contribution is 9.08. The van der Waals surface area contributed by atoms with E-state index in [9.17, 15) is 13.6 Å². The molecular weight excluding hydrogens is 321 g/mol. The summed E-state index contributed by atoms with van der Waals surface area (Å²) in [6.45, 7) is -3.02. The van der Waals surface area contributed by atoms with Gasteiger partial charge in [0.05, 0.1) is 11.4 Å². The fourth-order valence-electron chi connectivity index (χ4n) is 1.28. The van der Waals surface area contributed by atoms with Gasteiger partial charge in [-0.15, -0.1) is 0 Å². The number of carboxylic acids is 1. The summed E-state index contributed by atoms with van der Waals surface area (Å²) < 4.78 is 28.5. The minimum atomic E-state index is -3.02. The monoisotopic (exact) mass is 328 g/mol. The molecule has 0 fully saturated rings. The second kappa shape index (κ2) is 6.16. The number of ether oxygens (including phenoxy) is 1. The molecule has 0 saturated carbocycles. The van der Waals surface area contributed by atoms with Crippen LogP contribution in [0.3, 0.4) is 0 Å². The van der Waals surface area contributed by atoms with Crippen LogP contribution in [0.1, 0.15) is 11.1 Å². The Morgan fingerprint density at radius 3 is 2.65 bits per heavy atom. The van der Waals surface area contributed by atoms with Crippen LogP contribution in [-0.4, -0.2) is 17.7 Å². The average Bonchev–Trinajstić information content (AvgIpc) is 2.22. The maximum Gasteiger partial charge on any atom is 0.387 e. The van der Waals surface area contributed by atoms with Crippen LogP contribution in [0.2, 0.25) is 5.02 Å². The summed E-state index contributed by atoms with van der Waals surface area (Å²) in [4.78, 5) is 10.6. The molecule has 0 aromatic heterocycles. The van der Waals surface area contributed by atoms with Gasteiger partial charge in [0.15, 0.2) is 0 Å². The Bertz CT molecular complexity index is 426. The van der Waals surface area contributed by atoms with Crippen molar-refractivity contribution in [1.82, 2.24) is 0 Å². The molecule has 17 heavy (non-hydrogen) atoms. The van der Waals surface area contributed by atoms with Crippen molar-refractivity contribution in [2.75, 3.05) is 0 Å².